The van der Waals surface area contributed by atoms with E-state index in [1.807, 2.05) is 12.1 Å². The smallest absolute Gasteiger partial charge is 0.123 e. The van der Waals surface area contributed by atoms with Crippen molar-refractivity contribution in [2.75, 3.05) is 33.8 Å². The molecular formula is C14H24N2O. The summed E-state index contributed by atoms with van der Waals surface area (Å²) >= 11 is 0. The molecule has 0 atom stereocenters. The largest absolute Gasteiger partial charge is 0.493 e. The minimum atomic E-state index is 0.786. The Labute approximate surface area is 105 Å². The molecule has 0 aliphatic rings. The zero-order valence-electron chi connectivity index (χ0n) is 11.2. The first-order chi connectivity index (χ1) is 8.24. The molecule has 0 spiro atoms. The van der Waals surface area contributed by atoms with E-state index in [0.29, 0.717) is 0 Å². The van der Waals surface area contributed by atoms with Crippen molar-refractivity contribution in [2.24, 2.45) is 0 Å². The molecule has 3 heteroatoms. The molecule has 1 aromatic carbocycles. The highest BCUT2D eigenvalue weighted by atomic mass is 16.5. The van der Waals surface area contributed by atoms with Gasteiger partial charge in [0.15, 0.2) is 0 Å². The van der Waals surface area contributed by atoms with Gasteiger partial charge in [0.25, 0.3) is 0 Å². The number of benzene rings is 1. The Morgan fingerprint density at radius 2 is 2.00 bits per heavy atom. The van der Waals surface area contributed by atoms with E-state index in [2.05, 4.69) is 43.4 Å². The molecule has 17 heavy (non-hydrogen) atoms. The molecule has 0 aliphatic heterocycles. The van der Waals surface area contributed by atoms with E-state index in [1.165, 1.54) is 5.56 Å². The molecule has 0 amide bonds. The fraction of sp³-hybridized carbons (Fsp3) is 0.571. The first-order valence-corrected chi connectivity index (χ1v) is 6.30. The van der Waals surface area contributed by atoms with Gasteiger partial charge in [-0.15, -0.1) is 0 Å². The number of nitrogens with zero attached hydrogens (tertiary/aromatic N) is 1. The lowest BCUT2D eigenvalue weighted by Crippen LogP contribution is -2.26. The number of hydrogen-bond acceptors (Lipinski definition) is 3. The van der Waals surface area contributed by atoms with Crippen molar-refractivity contribution in [3.63, 3.8) is 0 Å². The molecule has 0 aromatic heterocycles. The fourth-order valence-corrected chi connectivity index (χ4v) is 1.53. The highest BCUT2D eigenvalue weighted by molar-refractivity contribution is 5.33. The molecule has 0 fully saturated rings. The molecular weight excluding hydrogens is 212 g/mol. The highest BCUT2D eigenvalue weighted by Gasteiger charge is 2.01. The van der Waals surface area contributed by atoms with Crippen LogP contribution in [0, 0.1) is 0 Å². The molecule has 96 valence electrons. The lowest BCUT2D eigenvalue weighted by molar-refractivity contribution is 0.313. The van der Waals surface area contributed by atoms with Crippen molar-refractivity contribution < 1.29 is 4.74 Å². The van der Waals surface area contributed by atoms with E-state index in [0.717, 1.165) is 38.4 Å². The third kappa shape index (κ3) is 5.71. The Morgan fingerprint density at radius 1 is 1.24 bits per heavy atom. The summed E-state index contributed by atoms with van der Waals surface area (Å²) in [5.41, 5.74) is 1.24. The predicted octanol–water partition coefficient (Wildman–Crippen LogP) is 2.13. The first kappa shape index (κ1) is 14.0. The van der Waals surface area contributed by atoms with Crippen LogP contribution in [-0.4, -0.2) is 38.7 Å². The van der Waals surface area contributed by atoms with Crippen LogP contribution in [0.3, 0.4) is 0 Å². The van der Waals surface area contributed by atoms with E-state index < -0.39 is 0 Å². The number of para-hydroxylation sites is 1. The van der Waals surface area contributed by atoms with Crippen molar-refractivity contribution in [2.45, 2.75) is 19.9 Å². The molecule has 0 saturated carbocycles. The maximum atomic E-state index is 5.71. The van der Waals surface area contributed by atoms with Gasteiger partial charge in [0.05, 0.1) is 6.61 Å². The summed E-state index contributed by atoms with van der Waals surface area (Å²) in [6, 6.07) is 8.24. The SMILES string of the molecule is CCCOc1ccccc1CNCCN(C)C. The maximum absolute atomic E-state index is 5.71. The van der Waals surface area contributed by atoms with Gasteiger partial charge in [-0.05, 0) is 26.6 Å². The second kappa shape index (κ2) is 8.09. The van der Waals surface area contributed by atoms with Gasteiger partial charge in [0.2, 0.25) is 0 Å². The summed E-state index contributed by atoms with van der Waals surface area (Å²) < 4.78 is 5.71. The molecule has 1 rings (SSSR count). The molecule has 0 saturated heterocycles. The minimum Gasteiger partial charge on any atom is -0.493 e. The van der Waals surface area contributed by atoms with Crippen molar-refractivity contribution >= 4 is 0 Å². The van der Waals surface area contributed by atoms with Crippen LogP contribution < -0.4 is 10.1 Å². The number of likely N-dealkylation sites (N-methyl/N-ethyl adjacent to an activating group) is 1. The molecule has 0 heterocycles. The first-order valence-electron chi connectivity index (χ1n) is 6.30. The van der Waals surface area contributed by atoms with Crippen LogP contribution in [0.5, 0.6) is 5.75 Å². The summed E-state index contributed by atoms with van der Waals surface area (Å²) in [4.78, 5) is 2.17. The average Bonchev–Trinajstić information content (AvgIpc) is 2.33. The lowest BCUT2D eigenvalue weighted by atomic mass is 10.2. The Balaban J connectivity index is 2.40. The molecule has 0 unspecified atom stereocenters. The Hall–Kier alpha value is -1.06. The fourth-order valence-electron chi connectivity index (χ4n) is 1.53. The minimum absolute atomic E-state index is 0.786. The van der Waals surface area contributed by atoms with Gasteiger partial charge < -0.3 is 15.0 Å². The molecule has 1 aromatic rings. The van der Waals surface area contributed by atoms with Gasteiger partial charge >= 0.3 is 0 Å². The van der Waals surface area contributed by atoms with Gasteiger partial charge in [-0.25, -0.2) is 0 Å². The Kier molecular flexibility index (Phi) is 6.67. The summed E-state index contributed by atoms with van der Waals surface area (Å²) in [5.74, 6) is 1.01. The molecule has 0 bridgehead atoms. The van der Waals surface area contributed by atoms with Crippen molar-refractivity contribution in [3.05, 3.63) is 29.8 Å². The van der Waals surface area contributed by atoms with Gasteiger partial charge in [0.1, 0.15) is 5.75 Å². The van der Waals surface area contributed by atoms with Gasteiger partial charge in [-0.1, -0.05) is 25.1 Å². The van der Waals surface area contributed by atoms with Crippen LogP contribution >= 0.6 is 0 Å². The molecule has 3 nitrogen and oxygen atoms in total. The lowest BCUT2D eigenvalue weighted by Gasteiger charge is -2.13. The topological polar surface area (TPSA) is 24.5 Å². The molecule has 1 N–H and O–H groups in total. The van der Waals surface area contributed by atoms with Crippen LogP contribution in [0.25, 0.3) is 0 Å². The van der Waals surface area contributed by atoms with E-state index in [9.17, 15) is 0 Å². The maximum Gasteiger partial charge on any atom is 0.123 e. The van der Waals surface area contributed by atoms with Gasteiger partial charge in [0, 0.05) is 25.2 Å². The summed E-state index contributed by atoms with van der Waals surface area (Å²) in [6.45, 7) is 5.83. The number of rotatable bonds is 8. The second-order valence-electron chi connectivity index (χ2n) is 4.44. The quantitative estimate of drug-likeness (QED) is 0.700. The number of nitrogens with one attached hydrogen (secondary N) is 1. The van der Waals surface area contributed by atoms with Crippen LogP contribution in [0.15, 0.2) is 24.3 Å². The van der Waals surface area contributed by atoms with Crippen molar-refractivity contribution in [1.29, 1.82) is 0 Å². The van der Waals surface area contributed by atoms with E-state index in [1.54, 1.807) is 0 Å². The van der Waals surface area contributed by atoms with Crippen LogP contribution in [-0.2, 0) is 6.54 Å². The van der Waals surface area contributed by atoms with Crippen molar-refractivity contribution in [3.8, 4) is 5.75 Å². The van der Waals surface area contributed by atoms with Crippen molar-refractivity contribution in [1.82, 2.24) is 10.2 Å². The average molecular weight is 236 g/mol. The van der Waals surface area contributed by atoms with Gasteiger partial charge in [-0.3, -0.25) is 0 Å². The van der Waals surface area contributed by atoms with E-state index in [-0.39, 0.29) is 0 Å². The highest BCUT2D eigenvalue weighted by Crippen LogP contribution is 2.17. The third-order valence-corrected chi connectivity index (χ3v) is 2.49. The molecule has 0 radical (unpaired) electrons. The molecule has 0 aliphatic carbocycles. The zero-order chi connectivity index (χ0) is 12.5. The summed E-state index contributed by atoms with van der Waals surface area (Å²) in [7, 11) is 4.17. The Bertz CT molecular complexity index is 313. The number of hydrogen-bond donors (Lipinski definition) is 1. The van der Waals surface area contributed by atoms with E-state index in [4.69, 9.17) is 4.74 Å². The predicted molar refractivity (Wildman–Crippen MR) is 72.5 cm³/mol. The monoisotopic (exact) mass is 236 g/mol. The van der Waals surface area contributed by atoms with Gasteiger partial charge in [-0.2, -0.15) is 0 Å². The zero-order valence-corrected chi connectivity index (χ0v) is 11.2. The normalized spacial score (nSPS) is 10.8. The summed E-state index contributed by atoms with van der Waals surface area (Å²) in [5, 5.41) is 3.43. The standard InChI is InChI=1S/C14H24N2O/c1-4-11-17-14-8-6-5-7-13(14)12-15-9-10-16(2)3/h5-8,15H,4,9-12H2,1-3H3. The third-order valence-electron chi connectivity index (χ3n) is 2.49. The summed E-state index contributed by atoms with van der Waals surface area (Å²) in [6.07, 6.45) is 1.04. The second-order valence-corrected chi connectivity index (χ2v) is 4.44. The van der Waals surface area contributed by atoms with Crippen LogP contribution in [0.4, 0.5) is 0 Å². The van der Waals surface area contributed by atoms with E-state index >= 15 is 0 Å². The number of ether oxygens (including phenoxy) is 1. The van der Waals surface area contributed by atoms with Crippen LogP contribution in [0.1, 0.15) is 18.9 Å². The Morgan fingerprint density at radius 3 is 2.71 bits per heavy atom. The van der Waals surface area contributed by atoms with Crippen LogP contribution in [0.2, 0.25) is 0 Å².